The summed E-state index contributed by atoms with van der Waals surface area (Å²) in [5, 5.41) is 3.14. The van der Waals surface area contributed by atoms with Gasteiger partial charge in [0.05, 0.1) is 23.6 Å². The number of carbonyl (C=O) groups is 1. The van der Waals surface area contributed by atoms with E-state index in [9.17, 15) is 13.2 Å². The molecule has 0 spiro atoms. The minimum atomic E-state index is -4.03. The Morgan fingerprint density at radius 2 is 1.62 bits per heavy atom. The van der Waals surface area contributed by atoms with E-state index in [0.717, 1.165) is 39.5 Å². The van der Waals surface area contributed by atoms with Crippen LogP contribution in [0.5, 0.6) is 5.75 Å². The number of rotatable bonds is 10. The molecule has 3 aromatic rings. The fourth-order valence-corrected chi connectivity index (χ4v) is 5.45. The van der Waals surface area contributed by atoms with E-state index >= 15 is 0 Å². The van der Waals surface area contributed by atoms with E-state index in [4.69, 9.17) is 16.3 Å². The largest absolute Gasteiger partial charge is 0.495 e. The average molecular weight is 501 g/mol. The third kappa shape index (κ3) is 5.97. The average Bonchev–Trinajstić information content (AvgIpc) is 2.84. The second-order valence-electron chi connectivity index (χ2n) is 7.76. The summed E-state index contributed by atoms with van der Waals surface area (Å²) >= 11 is 6.19. The second kappa shape index (κ2) is 11.5. The first-order chi connectivity index (χ1) is 16.3. The Labute approximate surface area is 206 Å². The number of nitrogens with zero attached hydrogens (tertiary/aromatic N) is 1. The Morgan fingerprint density at radius 1 is 0.971 bits per heavy atom. The third-order valence-electron chi connectivity index (χ3n) is 5.55. The SMILES string of the molecule is CCc1cccc(CC)c1NC(=O)CN(Cc1ccccc1)S(=O)(=O)c1ccc(OC)c(Cl)c1. The molecular weight excluding hydrogens is 472 g/mol. The van der Waals surface area contributed by atoms with Crippen LogP contribution < -0.4 is 10.1 Å². The van der Waals surface area contributed by atoms with Crippen molar-refractivity contribution in [3.8, 4) is 5.75 Å². The summed E-state index contributed by atoms with van der Waals surface area (Å²) in [6.07, 6.45) is 1.50. The number of hydrogen-bond donors (Lipinski definition) is 1. The van der Waals surface area contributed by atoms with Crippen molar-refractivity contribution < 1.29 is 17.9 Å². The van der Waals surface area contributed by atoms with Crippen LogP contribution in [-0.2, 0) is 34.2 Å². The number of para-hydroxylation sites is 1. The van der Waals surface area contributed by atoms with E-state index in [1.54, 1.807) is 0 Å². The monoisotopic (exact) mass is 500 g/mol. The maximum absolute atomic E-state index is 13.6. The normalized spacial score (nSPS) is 11.4. The lowest BCUT2D eigenvalue weighted by atomic mass is 10.0. The van der Waals surface area contributed by atoms with Crippen LogP contribution in [0.15, 0.2) is 71.6 Å². The van der Waals surface area contributed by atoms with Crippen molar-refractivity contribution in [1.82, 2.24) is 4.31 Å². The van der Waals surface area contributed by atoms with Gasteiger partial charge in [0.2, 0.25) is 15.9 Å². The van der Waals surface area contributed by atoms with Crippen LogP contribution in [0.3, 0.4) is 0 Å². The van der Waals surface area contributed by atoms with Crippen molar-refractivity contribution in [3.05, 3.63) is 88.4 Å². The molecule has 0 unspecified atom stereocenters. The lowest BCUT2D eigenvalue weighted by molar-refractivity contribution is -0.116. The molecule has 0 bridgehead atoms. The number of halogens is 1. The highest BCUT2D eigenvalue weighted by Crippen LogP contribution is 2.29. The number of nitrogens with one attached hydrogen (secondary N) is 1. The first-order valence-corrected chi connectivity index (χ1v) is 12.9. The Bertz CT molecular complexity index is 1220. The Hall–Kier alpha value is -2.87. The van der Waals surface area contributed by atoms with E-state index < -0.39 is 15.9 Å². The van der Waals surface area contributed by atoms with Gasteiger partial charge in [0.15, 0.2) is 0 Å². The first kappa shape index (κ1) is 25.7. The summed E-state index contributed by atoms with van der Waals surface area (Å²) in [6.45, 7) is 3.73. The summed E-state index contributed by atoms with van der Waals surface area (Å²) < 4.78 is 33.4. The zero-order valence-corrected chi connectivity index (χ0v) is 21.1. The molecule has 0 aliphatic rings. The van der Waals surface area contributed by atoms with Crippen molar-refractivity contribution in [3.63, 3.8) is 0 Å². The van der Waals surface area contributed by atoms with Crippen LogP contribution in [0.4, 0.5) is 5.69 Å². The number of benzene rings is 3. The van der Waals surface area contributed by atoms with Gasteiger partial charge >= 0.3 is 0 Å². The van der Waals surface area contributed by atoms with E-state index in [0.29, 0.717) is 5.75 Å². The molecule has 0 aliphatic heterocycles. The van der Waals surface area contributed by atoms with Gasteiger partial charge in [-0.2, -0.15) is 4.31 Å². The number of amides is 1. The van der Waals surface area contributed by atoms with Gasteiger partial charge in [-0.05, 0) is 47.7 Å². The molecule has 34 heavy (non-hydrogen) atoms. The molecule has 0 radical (unpaired) electrons. The lowest BCUT2D eigenvalue weighted by Crippen LogP contribution is -2.37. The molecule has 1 amide bonds. The number of sulfonamides is 1. The van der Waals surface area contributed by atoms with E-state index in [2.05, 4.69) is 5.32 Å². The topological polar surface area (TPSA) is 75.7 Å². The number of aryl methyl sites for hydroxylation is 2. The summed E-state index contributed by atoms with van der Waals surface area (Å²) in [7, 11) is -2.57. The number of carbonyl (C=O) groups excluding carboxylic acids is 1. The minimum absolute atomic E-state index is 0.00904. The molecule has 3 aromatic carbocycles. The lowest BCUT2D eigenvalue weighted by Gasteiger charge is -2.23. The van der Waals surface area contributed by atoms with E-state index in [1.807, 2.05) is 62.4 Å². The smallest absolute Gasteiger partial charge is 0.243 e. The maximum atomic E-state index is 13.6. The van der Waals surface area contributed by atoms with E-state index in [-0.39, 0.29) is 23.0 Å². The van der Waals surface area contributed by atoms with Gasteiger partial charge < -0.3 is 10.1 Å². The van der Waals surface area contributed by atoms with Gasteiger partial charge in [-0.3, -0.25) is 4.79 Å². The fraction of sp³-hybridized carbons (Fsp3) is 0.269. The Balaban J connectivity index is 1.94. The van der Waals surface area contributed by atoms with Gasteiger partial charge in [0.1, 0.15) is 5.75 Å². The molecule has 0 heterocycles. The fourth-order valence-electron chi connectivity index (χ4n) is 3.71. The summed E-state index contributed by atoms with van der Waals surface area (Å²) in [5.41, 5.74) is 3.53. The standard InChI is InChI=1S/C26H29ClN2O4S/c1-4-20-12-9-13-21(5-2)26(20)28-25(30)18-29(17-19-10-7-6-8-11-19)34(31,32)22-14-15-24(33-3)23(27)16-22/h6-16H,4-5,17-18H2,1-3H3,(H,28,30). The van der Waals surface area contributed by atoms with Crippen LogP contribution in [0.1, 0.15) is 30.5 Å². The molecule has 3 rings (SSSR count). The van der Waals surface area contributed by atoms with Gasteiger partial charge in [-0.1, -0.05) is 74.0 Å². The van der Waals surface area contributed by atoms with Gasteiger partial charge in [-0.25, -0.2) is 8.42 Å². The van der Waals surface area contributed by atoms with Crippen LogP contribution >= 0.6 is 11.6 Å². The van der Waals surface area contributed by atoms with Crippen molar-refractivity contribution in [2.24, 2.45) is 0 Å². The van der Waals surface area contributed by atoms with Gasteiger partial charge in [0.25, 0.3) is 0 Å². The first-order valence-electron chi connectivity index (χ1n) is 11.1. The molecular formula is C26H29ClN2O4S. The van der Waals surface area contributed by atoms with Crippen molar-refractivity contribution in [2.75, 3.05) is 19.0 Å². The number of methoxy groups -OCH3 is 1. The zero-order chi connectivity index (χ0) is 24.7. The number of anilines is 1. The van der Waals surface area contributed by atoms with Gasteiger partial charge in [0, 0.05) is 12.2 Å². The van der Waals surface area contributed by atoms with Crippen molar-refractivity contribution >= 4 is 33.2 Å². The van der Waals surface area contributed by atoms with E-state index in [1.165, 1.54) is 25.3 Å². The minimum Gasteiger partial charge on any atom is -0.495 e. The molecule has 0 aromatic heterocycles. The highest BCUT2D eigenvalue weighted by Gasteiger charge is 2.28. The van der Waals surface area contributed by atoms with Crippen LogP contribution in [-0.4, -0.2) is 32.3 Å². The predicted octanol–water partition coefficient (Wildman–Crippen LogP) is 5.30. The van der Waals surface area contributed by atoms with Crippen LogP contribution in [0, 0.1) is 0 Å². The molecule has 1 N–H and O–H groups in total. The summed E-state index contributed by atoms with van der Waals surface area (Å²) in [5.74, 6) is -0.0362. The number of ether oxygens (including phenoxy) is 1. The molecule has 8 heteroatoms. The molecule has 0 fully saturated rings. The quantitative estimate of drug-likeness (QED) is 0.409. The maximum Gasteiger partial charge on any atom is 0.243 e. The molecule has 0 saturated carbocycles. The summed E-state index contributed by atoms with van der Waals surface area (Å²) in [6, 6.07) is 19.3. The second-order valence-corrected chi connectivity index (χ2v) is 10.1. The van der Waals surface area contributed by atoms with Gasteiger partial charge in [-0.15, -0.1) is 0 Å². The molecule has 0 saturated heterocycles. The predicted molar refractivity (Wildman–Crippen MR) is 136 cm³/mol. The highest BCUT2D eigenvalue weighted by atomic mass is 35.5. The van der Waals surface area contributed by atoms with Crippen molar-refractivity contribution in [1.29, 1.82) is 0 Å². The zero-order valence-electron chi connectivity index (χ0n) is 19.5. The molecule has 6 nitrogen and oxygen atoms in total. The number of hydrogen-bond acceptors (Lipinski definition) is 4. The van der Waals surface area contributed by atoms with Crippen molar-refractivity contribution in [2.45, 2.75) is 38.1 Å². The third-order valence-corrected chi connectivity index (χ3v) is 7.63. The molecule has 0 atom stereocenters. The van der Waals surface area contributed by atoms with Crippen LogP contribution in [0.2, 0.25) is 5.02 Å². The highest BCUT2D eigenvalue weighted by molar-refractivity contribution is 7.89. The Morgan fingerprint density at radius 3 is 2.18 bits per heavy atom. The Kier molecular flexibility index (Phi) is 8.72. The molecule has 180 valence electrons. The van der Waals surface area contributed by atoms with Crippen LogP contribution in [0.25, 0.3) is 0 Å². The molecule has 0 aliphatic carbocycles. The summed E-state index contributed by atoms with van der Waals surface area (Å²) in [4.78, 5) is 13.1.